The number of rotatable bonds is 2. The standard InChI is InChI=1S/C15H16N8OS/c1-8-4-23-12(9(2)17-15(23)25-8)13-18-14(24-20-13)10-5-22-7-16-19-11(22)6-21(10)3/h4,7,10H,5-6H2,1-3H3. The minimum atomic E-state index is -0.00215. The first kappa shape index (κ1) is 14.7. The van der Waals surface area contributed by atoms with Crippen LogP contribution in [0.1, 0.15) is 28.3 Å². The first-order chi connectivity index (χ1) is 12.1. The number of hydrogen-bond acceptors (Lipinski definition) is 8. The molecule has 4 aromatic rings. The molecule has 0 aliphatic carbocycles. The van der Waals surface area contributed by atoms with E-state index in [0.717, 1.165) is 22.2 Å². The fraction of sp³-hybridized carbons (Fsp3) is 0.400. The monoisotopic (exact) mass is 356 g/mol. The lowest BCUT2D eigenvalue weighted by Crippen LogP contribution is -2.34. The number of fused-ring (bicyclic) bond motifs is 2. The van der Waals surface area contributed by atoms with Gasteiger partial charge in [0.25, 0.3) is 0 Å². The third-order valence-corrected chi connectivity index (χ3v) is 5.44. The Labute approximate surface area is 146 Å². The Bertz CT molecular complexity index is 1070. The lowest BCUT2D eigenvalue weighted by molar-refractivity contribution is 0.139. The van der Waals surface area contributed by atoms with E-state index in [1.165, 1.54) is 4.88 Å². The Kier molecular flexibility index (Phi) is 3.06. The highest BCUT2D eigenvalue weighted by Crippen LogP contribution is 2.30. The molecule has 0 spiro atoms. The van der Waals surface area contributed by atoms with Crippen LogP contribution in [0.5, 0.6) is 0 Å². The van der Waals surface area contributed by atoms with E-state index in [1.807, 2.05) is 22.9 Å². The maximum atomic E-state index is 5.61. The summed E-state index contributed by atoms with van der Waals surface area (Å²) in [6.07, 6.45) is 3.80. The third-order valence-electron chi connectivity index (χ3n) is 4.54. The smallest absolute Gasteiger partial charge is 0.246 e. The molecule has 128 valence electrons. The summed E-state index contributed by atoms with van der Waals surface area (Å²) >= 11 is 1.65. The average Bonchev–Trinajstić information content (AvgIpc) is 3.30. The molecule has 9 nitrogen and oxygen atoms in total. The molecular weight excluding hydrogens is 340 g/mol. The van der Waals surface area contributed by atoms with Gasteiger partial charge in [0.1, 0.15) is 23.9 Å². The summed E-state index contributed by atoms with van der Waals surface area (Å²) < 4.78 is 9.67. The van der Waals surface area contributed by atoms with Crippen molar-refractivity contribution in [3.63, 3.8) is 0 Å². The van der Waals surface area contributed by atoms with Crippen LogP contribution in [-0.2, 0) is 13.1 Å². The number of imidazole rings is 1. The fourth-order valence-electron chi connectivity index (χ4n) is 3.28. The van der Waals surface area contributed by atoms with Crippen molar-refractivity contribution in [2.45, 2.75) is 33.0 Å². The zero-order valence-corrected chi connectivity index (χ0v) is 14.9. The molecule has 4 aromatic heterocycles. The van der Waals surface area contributed by atoms with Crippen LogP contribution >= 0.6 is 11.3 Å². The van der Waals surface area contributed by atoms with Crippen LogP contribution in [0.15, 0.2) is 17.0 Å². The predicted octanol–water partition coefficient (Wildman–Crippen LogP) is 1.84. The van der Waals surface area contributed by atoms with Gasteiger partial charge in [0.05, 0.1) is 12.2 Å². The van der Waals surface area contributed by atoms with Gasteiger partial charge in [-0.3, -0.25) is 9.30 Å². The molecular formula is C15H16N8OS. The molecule has 5 heterocycles. The van der Waals surface area contributed by atoms with E-state index >= 15 is 0 Å². The van der Waals surface area contributed by atoms with Crippen LogP contribution in [0.3, 0.4) is 0 Å². The summed E-state index contributed by atoms with van der Waals surface area (Å²) in [5.41, 5.74) is 1.79. The molecule has 1 unspecified atom stereocenters. The third kappa shape index (κ3) is 2.21. The molecule has 25 heavy (non-hydrogen) atoms. The summed E-state index contributed by atoms with van der Waals surface area (Å²) in [4.78, 5) is 13.6. The minimum absolute atomic E-state index is 0.00215. The van der Waals surface area contributed by atoms with Gasteiger partial charge in [-0.2, -0.15) is 4.98 Å². The largest absolute Gasteiger partial charge is 0.337 e. The molecule has 1 aliphatic heterocycles. The van der Waals surface area contributed by atoms with Crippen molar-refractivity contribution in [2.75, 3.05) is 7.05 Å². The van der Waals surface area contributed by atoms with Gasteiger partial charge < -0.3 is 9.09 Å². The topological polar surface area (TPSA) is 90.2 Å². The van der Waals surface area contributed by atoms with Crippen molar-refractivity contribution in [1.82, 2.24) is 39.2 Å². The molecule has 0 aromatic carbocycles. The lowest BCUT2D eigenvalue weighted by atomic mass is 10.2. The van der Waals surface area contributed by atoms with Gasteiger partial charge in [-0.1, -0.05) is 5.16 Å². The number of aryl methyl sites for hydroxylation is 2. The quantitative estimate of drug-likeness (QED) is 0.541. The highest BCUT2D eigenvalue weighted by atomic mass is 32.1. The molecule has 5 rings (SSSR count). The van der Waals surface area contributed by atoms with E-state index in [-0.39, 0.29) is 6.04 Å². The Hall–Kier alpha value is -2.59. The van der Waals surface area contributed by atoms with Gasteiger partial charge in [-0.15, -0.1) is 21.5 Å². The Morgan fingerprint density at radius 3 is 3.04 bits per heavy atom. The van der Waals surface area contributed by atoms with Gasteiger partial charge in [0.2, 0.25) is 11.7 Å². The normalized spacial score (nSPS) is 18.1. The summed E-state index contributed by atoms with van der Waals surface area (Å²) in [7, 11) is 2.03. The second-order valence-electron chi connectivity index (χ2n) is 6.33. The number of likely N-dealkylation sites (N-methyl/N-ethyl adjacent to an activating group) is 1. The zero-order chi connectivity index (χ0) is 17.1. The molecule has 0 radical (unpaired) electrons. The highest BCUT2D eigenvalue weighted by molar-refractivity contribution is 7.17. The van der Waals surface area contributed by atoms with E-state index in [2.05, 4.69) is 43.3 Å². The van der Waals surface area contributed by atoms with E-state index in [4.69, 9.17) is 4.52 Å². The number of aromatic nitrogens is 7. The van der Waals surface area contributed by atoms with E-state index in [9.17, 15) is 0 Å². The number of nitrogens with zero attached hydrogens (tertiary/aromatic N) is 8. The number of hydrogen-bond donors (Lipinski definition) is 0. The van der Waals surface area contributed by atoms with Crippen molar-refractivity contribution in [3.8, 4) is 11.5 Å². The summed E-state index contributed by atoms with van der Waals surface area (Å²) in [6.45, 7) is 5.42. The van der Waals surface area contributed by atoms with Gasteiger partial charge in [-0.05, 0) is 20.9 Å². The van der Waals surface area contributed by atoms with Crippen molar-refractivity contribution in [3.05, 3.63) is 34.8 Å². The van der Waals surface area contributed by atoms with Crippen LogP contribution in [0.4, 0.5) is 0 Å². The fourth-order valence-corrected chi connectivity index (χ4v) is 4.15. The van der Waals surface area contributed by atoms with Gasteiger partial charge in [0.15, 0.2) is 4.96 Å². The SMILES string of the molecule is Cc1cn2c(-c3noc(C4Cn5cnnc5CN4C)n3)c(C)nc2s1. The lowest BCUT2D eigenvalue weighted by Gasteiger charge is -2.29. The van der Waals surface area contributed by atoms with E-state index in [1.54, 1.807) is 17.7 Å². The molecule has 0 saturated carbocycles. The Morgan fingerprint density at radius 2 is 2.16 bits per heavy atom. The molecule has 10 heteroatoms. The molecule has 1 aliphatic rings. The Balaban J connectivity index is 1.54. The summed E-state index contributed by atoms with van der Waals surface area (Å²) in [5.74, 6) is 2.11. The minimum Gasteiger partial charge on any atom is -0.337 e. The average molecular weight is 356 g/mol. The predicted molar refractivity (Wildman–Crippen MR) is 90.1 cm³/mol. The first-order valence-electron chi connectivity index (χ1n) is 7.96. The van der Waals surface area contributed by atoms with Crippen LogP contribution in [0, 0.1) is 13.8 Å². The summed E-state index contributed by atoms with van der Waals surface area (Å²) in [5, 5.41) is 12.3. The van der Waals surface area contributed by atoms with E-state index < -0.39 is 0 Å². The van der Waals surface area contributed by atoms with Crippen molar-refractivity contribution in [2.24, 2.45) is 0 Å². The van der Waals surface area contributed by atoms with E-state index in [0.29, 0.717) is 24.8 Å². The maximum Gasteiger partial charge on any atom is 0.246 e. The van der Waals surface area contributed by atoms with Crippen LogP contribution in [0.25, 0.3) is 16.5 Å². The molecule has 0 N–H and O–H groups in total. The maximum absolute atomic E-state index is 5.61. The molecule has 0 amide bonds. The Morgan fingerprint density at radius 1 is 1.28 bits per heavy atom. The van der Waals surface area contributed by atoms with Crippen molar-refractivity contribution in [1.29, 1.82) is 0 Å². The molecule has 0 bridgehead atoms. The highest BCUT2D eigenvalue weighted by Gasteiger charge is 2.31. The molecule has 0 saturated heterocycles. The molecule has 0 fully saturated rings. The van der Waals surface area contributed by atoms with Gasteiger partial charge >= 0.3 is 0 Å². The first-order valence-corrected chi connectivity index (χ1v) is 8.78. The zero-order valence-electron chi connectivity index (χ0n) is 14.0. The van der Waals surface area contributed by atoms with Crippen LogP contribution in [0.2, 0.25) is 0 Å². The summed E-state index contributed by atoms with van der Waals surface area (Å²) in [6, 6.07) is -0.00215. The second kappa shape index (κ2) is 5.20. The second-order valence-corrected chi connectivity index (χ2v) is 7.54. The van der Waals surface area contributed by atoms with Gasteiger partial charge in [0, 0.05) is 17.6 Å². The molecule has 1 atom stereocenters. The number of thiazole rings is 1. The van der Waals surface area contributed by atoms with Crippen LogP contribution in [-0.4, -0.2) is 46.2 Å². The van der Waals surface area contributed by atoms with Gasteiger partial charge in [-0.25, -0.2) is 4.98 Å². The van der Waals surface area contributed by atoms with Crippen molar-refractivity contribution >= 4 is 16.3 Å². The van der Waals surface area contributed by atoms with Crippen molar-refractivity contribution < 1.29 is 4.52 Å². The van der Waals surface area contributed by atoms with Crippen LogP contribution < -0.4 is 0 Å².